The quantitative estimate of drug-likeness (QED) is 0.611. The Bertz CT molecular complexity index is 134. The van der Waals surface area contributed by atoms with E-state index < -0.39 is 0 Å². The van der Waals surface area contributed by atoms with Crippen LogP contribution in [0.3, 0.4) is 0 Å². The molecule has 0 saturated heterocycles. The standard InChI is InChI=1S/C10H18O/c1-3-8(2)10(11)9-6-4-5-7-9/h8-9H,3-7H2,1-2H3/t8-/m0/s1. The number of carbonyl (C=O) groups excluding carboxylic acids is 1. The molecular weight excluding hydrogens is 136 g/mol. The molecule has 0 aromatic carbocycles. The van der Waals surface area contributed by atoms with E-state index in [0.29, 0.717) is 17.6 Å². The van der Waals surface area contributed by atoms with Gasteiger partial charge in [0.1, 0.15) is 5.78 Å². The van der Waals surface area contributed by atoms with Gasteiger partial charge in [0.05, 0.1) is 0 Å². The van der Waals surface area contributed by atoms with Crippen LogP contribution in [0, 0.1) is 11.8 Å². The number of ketones is 1. The maximum atomic E-state index is 11.6. The lowest BCUT2D eigenvalue weighted by molar-refractivity contribution is -0.126. The van der Waals surface area contributed by atoms with Gasteiger partial charge in [0.2, 0.25) is 0 Å². The normalized spacial score (nSPS) is 22.0. The summed E-state index contributed by atoms with van der Waals surface area (Å²) in [7, 11) is 0. The first-order valence-electron chi connectivity index (χ1n) is 4.79. The van der Waals surface area contributed by atoms with Gasteiger partial charge in [-0.25, -0.2) is 0 Å². The van der Waals surface area contributed by atoms with Crippen LogP contribution in [-0.2, 0) is 4.79 Å². The fourth-order valence-electron chi connectivity index (χ4n) is 1.81. The van der Waals surface area contributed by atoms with Crippen LogP contribution in [0.15, 0.2) is 0 Å². The Kier molecular flexibility index (Phi) is 3.10. The predicted molar refractivity (Wildman–Crippen MR) is 46.4 cm³/mol. The van der Waals surface area contributed by atoms with Gasteiger partial charge < -0.3 is 0 Å². The van der Waals surface area contributed by atoms with Crippen molar-refractivity contribution in [1.82, 2.24) is 0 Å². The van der Waals surface area contributed by atoms with E-state index in [2.05, 4.69) is 13.8 Å². The minimum absolute atomic E-state index is 0.304. The average Bonchev–Trinajstić information content (AvgIpc) is 2.53. The highest BCUT2D eigenvalue weighted by Crippen LogP contribution is 2.28. The molecule has 0 unspecified atom stereocenters. The van der Waals surface area contributed by atoms with Gasteiger partial charge in [0, 0.05) is 11.8 Å². The molecule has 1 fully saturated rings. The molecule has 1 saturated carbocycles. The van der Waals surface area contributed by atoms with E-state index >= 15 is 0 Å². The molecule has 64 valence electrons. The lowest BCUT2D eigenvalue weighted by atomic mass is 9.91. The summed E-state index contributed by atoms with van der Waals surface area (Å²) in [5.41, 5.74) is 0. The Hall–Kier alpha value is -0.330. The highest BCUT2D eigenvalue weighted by atomic mass is 16.1. The lowest BCUT2D eigenvalue weighted by Gasteiger charge is -2.12. The molecule has 1 heteroatoms. The SMILES string of the molecule is CC[C@H](C)C(=O)C1CCCC1. The third kappa shape index (κ3) is 2.05. The van der Waals surface area contributed by atoms with Gasteiger partial charge in [-0.05, 0) is 19.3 Å². The van der Waals surface area contributed by atoms with E-state index in [1.165, 1.54) is 12.8 Å². The molecule has 0 spiro atoms. The Labute approximate surface area is 69.2 Å². The Morgan fingerprint density at radius 1 is 1.45 bits per heavy atom. The number of rotatable bonds is 3. The van der Waals surface area contributed by atoms with Crippen LogP contribution in [0.1, 0.15) is 46.0 Å². The Morgan fingerprint density at radius 3 is 2.45 bits per heavy atom. The molecule has 1 nitrogen and oxygen atoms in total. The molecule has 11 heavy (non-hydrogen) atoms. The predicted octanol–water partition coefficient (Wildman–Crippen LogP) is 2.79. The molecule has 0 radical (unpaired) electrons. The van der Waals surface area contributed by atoms with Crippen LogP contribution in [-0.4, -0.2) is 5.78 Å². The smallest absolute Gasteiger partial charge is 0.138 e. The van der Waals surface area contributed by atoms with Crippen LogP contribution >= 0.6 is 0 Å². The van der Waals surface area contributed by atoms with Gasteiger partial charge >= 0.3 is 0 Å². The summed E-state index contributed by atoms with van der Waals surface area (Å²) in [5.74, 6) is 1.24. The number of hydrogen-bond acceptors (Lipinski definition) is 1. The second-order valence-electron chi connectivity index (χ2n) is 3.69. The molecule has 0 N–H and O–H groups in total. The minimum Gasteiger partial charge on any atom is -0.299 e. The number of hydrogen-bond donors (Lipinski definition) is 0. The highest BCUT2D eigenvalue weighted by Gasteiger charge is 2.25. The fraction of sp³-hybridized carbons (Fsp3) is 0.900. The molecule has 0 aromatic heterocycles. The molecule has 0 bridgehead atoms. The summed E-state index contributed by atoms with van der Waals surface area (Å²) in [6.45, 7) is 4.15. The van der Waals surface area contributed by atoms with Gasteiger partial charge in [0.15, 0.2) is 0 Å². The molecule has 0 aliphatic heterocycles. The van der Waals surface area contributed by atoms with Gasteiger partial charge in [0.25, 0.3) is 0 Å². The second-order valence-corrected chi connectivity index (χ2v) is 3.69. The van der Waals surface area contributed by atoms with Crippen LogP contribution in [0.4, 0.5) is 0 Å². The zero-order valence-corrected chi connectivity index (χ0v) is 7.60. The van der Waals surface area contributed by atoms with Crippen molar-refractivity contribution in [3.8, 4) is 0 Å². The summed E-state index contributed by atoms with van der Waals surface area (Å²) >= 11 is 0. The van der Waals surface area contributed by atoms with E-state index in [0.717, 1.165) is 19.3 Å². The first kappa shape index (κ1) is 8.76. The van der Waals surface area contributed by atoms with Gasteiger partial charge in [-0.3, -0.25) is 4.79 Å². The average molecular weight is 154 g/mol. The van der Waals surface area contributed by atoms with Crippen molar-refractivity contribution in [3.63, 3.8) is 0 Å². The van der Waals surface area contributed by atoms with Crippen LogP contribution in [0.25, 0.3) is 0 Å². The minimum atomic E-state index is 0.304. The monoisotopic (exact) mass is 154 g/mol. The van der Waals surface area contributed by atoms with Crippen LogP contribution in [0.2, 0.25) is 0 Å². The zero-order valence-electron chi connectivity index (χ0n) is 7.60. The zero-order chi connectivity index (χ0) is 8.27. The summed E-state index contributed by atoms with van der Waals surface area (Å²) in [6.07, 6.45) is 5.86. The summed E-state index contributed by atoms with van der Waals surface area (Å²) < 4.78 is 0. The molecule has 1 aliphatic carbocycles. The highest BCUT2D eigenvalue weighted by molar-refractivity contribution is 5.83. The Balaban J connectivity index is 2.39. The van der Waals surface area contributed by atoms with E-state index in [4.69, 9.17) is 0 Å². The molecule has 0 heterocycles. The third-order valence-corrected chi connectivity index (χ3v) is 2.86. The topological polar surface area (TPSA) is 17.1 Å². The van der Waals surface area contributed by atoms with E-state index in [1.807, 2.05) is 0 Å². The molecular formula is C10H18O. The summed E-state index contributed by atoms with van der Waals surface area (Å²) in [5, 5.41) is 0. The first-order valence-corrected chi connectivity index (χ1v) is 4.79. The number of Topliss-reactive ketones (excluding diaryl/α,β-unsaturated/α-hetero) is 1. The van der Waals surface area contributed by atoms with Crippen molar-refractivity contribution in [3.05, 3.63) is 0 Å². The summed E-state index contributed by atoms with van der Waals surface area (Å²) in [4.78, 5) is 11.6. The van der Waals surface area contributed by atoms with E-state index in [9.17, 15) is 4.79 Å². The maximum absolute atomic E-state index is 11.6. The van der Waals surface area contributed by atoms with Gasteiger partial charge in [-0.1, -0.05) is 26.7 Å². The number of carbonyl (C=O) groups is 1. The Morgan fingerprint density at radius 2 is 2.00 bits per heavy atom. The molecule has 1 aliphatic rings. The third-order valence-electron chi connectivity index (χ3n) is 2.86. The van der Waals surface area contributed by atoms with Gasteiger partial charge in [-0.2, -0.15) is 0 Å². The van der Waals surface area contributed by atoms with Crippen molar-refractivity contribution >= 4 is 5.78 Å². The first-order chi connectivity index (χ1) is 5.25. The lowest BCUT2D eigenvalue weighted by Crippen LogP contribution is -2.18. The van der Waals surface area contributed by atoms with Gasteiger partial charge in [-0.15, -0.1) is 0 Å². The van der Waals surface area contributed by atoms with Crippen molar-refractivity contribution in [2.75, 3.05) is 0 Å². The summed E-state index contributed by atoms with van der Waals surface area (Å²) in [6, 6.07) is 0. The van der Waals surface area contributed by atoms with E-state index in [-0.39, 0.29) is 0 Å². The largest absolute Gasteiger partial charge is 0.299 e. The van der Waals surface area contributed by atoms with Crippen LogP contribution < -0.4 is 0 Å². The molecule has 1 rings (SSSR count). The van der Waals surface area contributed by atoms with Crippen molar-refractivity contribution in [2.24, 2.45) is 11.8 Å². The second kappa shape index (κ2) is 3.89. The van der Waals surface area contributed by atoms with Crippen molar-refractivity contribution < 1.29 is 4.79 Å². The fourth-order valence-corrected chi connectivity index (χ4v) is 1.81. The molecule has 1 atom stereocenters. The molecule has 0 aromatic rings. The van der Waals surface area contributed by atoms with Crippen molar-refractivity contribution in [1.29, 1.82) is 0 Å². The molecule has 0 amide bonds. The van der Waals surface area contributed by atoms with Crippen LogP contribution in [0.5, 0.6) is 0 Å². The van der Waals surface area contributed by atoms with E-state index in [1.54, 1.807) is 0 Å². The van der Waals surface area contributed by atoms with Crippen molar-refractivity contribution in [2.45, 2.75) is 46.0 Å². The maximum Gasteiger partial charge on any atom is 0.138 e.